The molecule has 10 heteroatoms. The highest BCUT2D eigenvalue weighted by molar-refractivity contribution is 6.22. The molecule has 2 rings (SSSR count). The number of esters is 1. The Morgan fingerprint density at radius 3 is 2.12 bits per heavy atom. The zero-order chi connectivity index (χ0) is 18.7. The lowest BCUT2D eigenvalue weighted by Crippen LogP contribution is -2.64. The van der Waals surface area contributed by atoms with Gasteiger partial charge in [0.05, 0.1) is 6.61 Å². The Morgan fingerprint density at radius 2 is 1.60 bits per heavy atom. The van der Waals surface area contributed by atoms with Crippen molar-refractivity contribution in [2.24, 2.45) is 0 Å². The summed E-state index contributed by atoms with van der Waals surface area (Å²) in [6.07, 6.45) is -5.58. The zero-order valence-electron chi connectivity index (χ0n) is 12.7. The molecule has 134 valence electrons. The first-order chi connectivity index (χ1) is 11.7. The third-order valence-corrected chi connectivity index (χ3v) is 3.66. The van der Waals surface area contributed by atoms with E-state index < -0.39 is 42.0 Å². The number of halogens is 3. The van der Waals surface area contributed by atoms with Crippen LogP contribution in [-0.2, 0) is 24.5 Å². The molecule has 1 heterocycles. The topological polar surface area (TPSA) is 102 Å². The Morgan fingerprint density at radius 1 is 1.04 bits per heavy atom. The van der Waals surface area contributed by atoms with Gasteiger partial charge in [0.2, 0.25) is 11.8 Å². The summed E-state index contributed by atoms with van der Waals surface area (Å²) in [5.74, 6) is -4.14. The molecule has 1 aromatic rings. The molecule has 25 heavy (non-hydrogen) atoms. The Kier molecular flexibility index (Phi) is 5.10. The fourth-order valence-corrected chi connectivity index (χ4v) is 2.49. The number of amides is 4. The predicted molar refractivity (Wildman–Crippen MR) is 76.0 cm³/mol. The van der Waals surface area contributed by atoms with Crippen molar-refractivity contribution in [1.29, 1.82) is 0 Å². The number of carbonyl (C=O) groups is 4. The predicted octanol–water partition coefficient (Wildman–Crippen LogP) is 1.18. The maximum Gasteiger partial charge on any atom is 0.490 e. The molecule has 0 bridgehead atoms. The van der Waals surface area contributed by atoms with Gasteiger partial charge in [-0.05, 0) is 18.4 Å². The summed E-state index contributed by atoms with van der Waals surface area (Å²) < 4.78 is 40.4. The highest BCUT2D eigenvalue weighted by atomic mass is 19.4. The summed E-state index contributed by atoms with van der Waals surface area (Å²) in [4.78, 5) is 46.6. The van der Waals surface area contributed by atoms with Gasteiger partial charge in [-0.3, -0.25) is 20.2 Å². The average molecular weight is 358 g/mol. The number of hydrogen-bond acceptors (Lipinski definition) is 5. The molecule has 0 aromatic heterocycles. The molecule has 2 N–H and O–H groups in total. The smallest absolute Gasteiger partial charge is 0.459 e. The number of urea groups is 1. The first-order valence-corrected chi connectivity index (χ1v) is 7.14. The number of imide groups is 2. The highest BCUT2D eigenvalue weighted by Gasteiger charge is 2.51. The van der Waals surface area contributed by atoms with E-state index in [1.807, 2.05) is 10.6 Å². The molecule has 0 atom stereocenters. The van der Waals surface area contributed by atoms with Gasteiger partial charge in [-0.2, -0.15) is 13.2 Å². The van der Waals surface area contributed by atoms with E-state index in [2.05, 4.69) is 4.74 Å². The first-order valence-electron chi connectivity index (χ1n) is 7.14. The minimum atomic E-state index is -5.12. The number of barbiturate groups is 1. The SMILES string of the molecule is O=C1NC(=O)C(CCCOC(=O)C(F)(F)F)(c2ccccc2)C(=O)N1. The summed E-state index contributed by atoms with van der Waals surface area (Å²) >= 11 is 0. The fraction of sp³-hybridized carbons (Fsp3) is 0.333. The molecule has 0 unspecified atom stereocenters. The summed E-state index contributed by atoms with van der Waals surface area (Å²) in [5, 5.41) is 3.95. The number of nitrogens with one attached hydrogen (secondary N) is 2. The zero-order valence-corrected chi connectivity index (χ0v) is 12.7. The van der Waals surface area contributed by atoms with Crippen LogP contribution in [0.1, 0.15) is 18.4 Å². The summed E-state index contributed by atoms with van der Waals surface area (Å²) in [6, 6.07) is 6.76. The second kappa shape index (κ2) is 6.91. The molecule has 1 saturated heterocycles. The van der Waals surface area contributed by atoms with Crippen molar-refractivity contribution in [1.82, 2.24) is 10.6 Å². The van der Waals surface area contributed by atoms with E-state index in [-0.39, 0.29) is 18.4 Å². The summed E-state index contributed by atoms with van der Waals surface area (Å²) in [5.41, 5.74) is -1.54. The van der Waals surface area contributed by atoms with Crippen molar-refractivity contribution in [3.8, 4) is 0 Å². The molecule has 1 aliphatic rings. The monoisotopic (exact) mass is 358 g/mol. The van der Waals surface area contributed by atoms with Crippen LogP contribution in [0.5, 0.6) is 0 Å². The van der Waals surface area contributed by atoms with E-state index in [4.69, 9.17) is 0 Å². The maximum absolute atomic E-state index is 12.3. The molecule has 1 aromatic carbocycles. The van der Waals surface area contributed by atoms with E-state index in [0.717, 1.165) is 0 Å². The van der Waals surface area contributed by atoms with E-state index in [9.17, 15) is 32.3 Å². The quantitative estimate of drug-likeness (QED) is 0.468. The third-order valence-electron chi connectivity index (χ3n) is 3.66. The van der Waals surface area contributed by atoms with Gasteiger partial charge in [0.1, 0.15) is 0 Å². The van der Waals surface area contributed by atoms with Crippen LogP contribution in [0.4, 0.5) is 18.0 Å². The van der Waals surface area contributed by atoms with Gasteiger partial charge >= 0.3 is 18.2 Å². The Bertz CT molecular complexity index is 683. The maximum atomic E-state index is 12.3. The van der Waals surface area contributed by atoms with Gasteiger partial charge in [0.25, 0.3) is 0 Å². The number of hydrogen-bond donors (Lipinski definition) is 2. The normalized spacial score (nSPS) is 16.8. The molecule has 0 saturated carbocycles. The van der Waals surface area contributed by atoms with Crippen molar-refractivity contribution in [3.63, 3.8) is 0 Å². The molecule has 0 radical (unpaired) electrons. The van der Waals surface area contributed by atoms with Gasteiger partial charge in [-0.1, -0.05) is 30.3 Å². The second-order valence-electron chi connectivity index (χ2n) is 5.25. The molecule has 4 amide bonds. The molecular weight excluding hydrogens is 345 g/mol. The van der Waals surface area contributed by atoms with E-state index >= 15 is 0 Å². The van der Waals surface area contributed by atoms with Crippen LogP contribution < -0.4 is 10.6 Å². The standard InChI is InChI=1S/C15H13F3N2O5/c16-15(17,18)12(23)25-8-4-7-14(9-5-2-1-3-6-9)10(21)19-13(24)20-11(14)22/h1-3,5-6H,4,7-8H2,(H2,19,20,21,22,24). The molecule has 0 aliphatic carbocycles. The van der Waals surface area contributed by atoms with Crippen molar-refractivity contribution >= 4 is 23.8 Å². The number of rotatable bonds is 5. The number of benzene rings is 1. The molecule has 0 spiro atoms. The summed E-state index contributed by atoms with van der Waals surface area (Å²) in [6.45, 7) is -0.637. The second-order valence-corrected chi connectivity index (χ2v) is 5.25. The van der Waals surface area contributed by atoms with E-state index in [0.29, 0.717) is 0 Å². The van der Waals surface area contributed by atoms with Gasteiger partial charge in [-0.25, -0.2) is 9.59 Å². The van der Waals surface area contributed by atoms with Crippen LogP contribution in [0, 0.1) is 0 Å². The Balaban J connectivity index is 2.17. The van der Waals surface area contributed by atoms with E-state index in [1.54, 1.807) is 18.2 Å². The number of ether oxygens (including phenoxy) is 1. The van der Waals surface area contributed by atoms with Gasteiger partial charge in [0.15, 0.2) is 5.41 Å². The van der Waals surface area contributed by atoms with Crippen molar-refractivity contribution in [3.05, 3.63) is 35.9 Å². The van der Waals surface area contributed by atoms with Crippen molar-refractivity contribution in [2.75, 3.05) is 6.61 Å². The van der Waals surface area contributed by atoms with Crippen molar-refractivity contribution in [2.45, 2.75) is 24.4 Å². The minimum Gasteiger partial charge on any atom is -0.459 e. The van der Waals surface area contributed by atoms with Gasteiger partial charge < -0.3 is 4.74 Å². The Labute approximate surface area is 139 Å². The number of alkyl halides is 3. The van der Waals surface area contributed by atoms with Crippen LogP contribution in [0.25, 0.3) is 0 Å². The van der Waals surface area contributed by atoms with E-state index in [1.165, 1.54) is 12.1 Å². The fourth-order valence-electron chi connectivity index (χ4n) is 2.49. The molecule has 1 aliphatic heterocycles. The lowest BCUT2D eigenvalue weighted by Gasteiger charge is -2.34. The average Bonchev–Trinajstić information content (AvgIpc) is 2.53. The molecular formula is C15H13F3N2O5. The van der Waals surface area contributed by atoms with Gasteiger partial charge in [-0.15, -0.1) is 0 Å². The molecule has 1 fully saturated rings. The summed E-state index contributed by atoms with van der Waals surface area (Å²) in [7, 11) is 0. The molecule has 7 nitrogen and oxygen atoms in total. The van der Waals surface area contributed by atoms with Crippen LogP contribution in [-0.4, -0.2) is 36.6 Å². The van der Waals surface area contributed by atoms with Gasteiger partial charge in [0, 0.05) is 0 Å². The number of carbonyl (C=O) groups excluding carboxylic acids is 4. The minimum absolute atomic E-state index is 0.203. The largest absolute Gasteiger partial charge is 0.490 e. The van der Waals surface area contributed by atoms with Crippen molar-refractivity contribution < 1.29 is 37.1 Å². The highest BCUT2D eigenvalue weighted by Crippen LogP contribution is 2.32. The lowest BCUT2D eigenvalue weighted by molar-refractivity contribution is -0.199. The van der Waals surface area contributed by atoms with Crippen LogP contribution in [0.3, 0.4) is 0 Å². The van der Waals surface area contributed by atoms with Crippen LogP contribution in [0.15, 0.2) is 30.3 Å². The van der Waals surface area contributed by atoms with Crippen LogP contribution in [0.2, 0.25) is 0 Å². The Hall–Kier alpha value is -2.91. The third kappa shape index (κ3) is 3.78. The van der Waals surface area contributed by atoms with Crippen LogP contribution >= 0.6 is 0 Å². The first kappa shape index (κ1) is 18.4. The lowest BCUT2D eigenvalue weighted by atomic mass is 9.74.